The van der Waals surface area contributed by atoms with Crippen LogP contribution in [0.25, 0.3) is 0 Å². The predicted molar refractivity (Wildman–Crippen MR) is 112 cm³/mol. The molecule has 1 rings (SSSR count). The first-order valence-corrected chi connectivity index (χ1v) is 11.4. The molecular formula is C20H36O8S. The molecule has 3 N–H and O–H groups in total. The van der Waals surface area contributed by atoms with Crippen LogP contribution in [0.5, 0.6) is 5.75 Å². The molecule has 0 bridgehead atoms. The highest BCUT2D eigenvalue weighted by Gasteiger charge is 2.03. The Morgan fingerprint density at radius 2 is 1.38 bits per heavy atom. The van der Waals surface area contributed by atoms with Gasteiger partial charge in [-0.1, -0.05) is 57.2 Å². The van der Waals surface area contributed by atoms with Crippen LogP contribution < -0.4 is 4.74 Å². The van der Waals surface area contributed by atoms with Crippen molar-refractivity contribution in [3.8, 4) is 5.75 Å². The molecule has 0 amide bonds. The van der Waals surface area contributed by atoms with E-state index in [1.807, 2.05) is 12.1 Å². The number of para-hydroxylation sites is 1. The fourth-order valence-electron chi connectivity index (χ4n) is 2.54. The van der Waals surface area contributed by atoms with Crippen molar-refractivity contribution >= 4 is 10.4 Å². The van der Waals surface area contributed by atoms with Gasteiger partial charge in [-0.25, -0.2) is 0 Å². The number of unbranched alkanes of at least 4 members (excludes halogenated alkanes) is 5. The van der Waals surface area contributed by atoms with E-state index in [4.69, 9.17) is 36.8 Å². The Bertz CT molecular complexity index is 584. The maximum Gasteiger partial charge on any atom is 0.394 e. The third-order valence-electron chi connectivity index (χ3n) is 3.87. The van der Waals surface area contributed by atoms with E-state index in [0.717, 1.165) is 12.2 Å². The molecular weight excluding hydrogens is 400 g/mol. The van der Waals surface area contributed by atoms with Crippen molar-refractivity contribution in [2.75, 3.05) is 39.6 Å². The minimum atomic E-state index is -4.67. The summed E-state index contributed by atoms with van der Waals surface area (Å²) >= 11 is 0. The fraction of sp³-hybridized carbons (Fsp3) is 0.700. The molecule has 1 aromatic rings. The van der Waals surface area contributed by atoms with Crippen LogP contribution in [-0.4, -0.2) is 62.3 Å². The zero-order valence-corrected chi connectivity index (χ0v) is 18.1. The summed E-state index contributed by atoms with van der Waals surface area (Å²) in [6.07, 6.45) is 8.94. The Labute approximate surface area is 174 Å². The Hall–Kier alpha value is -1.23. The van der Waals surface area contributed by atoms with Gasteiger partial charge in [0.05, 0.1) is 33.0 Å². The second kappa shape index (κ2) is 18.8. The molecule has 0 aliphatic rings. The predicted octanol–water partition coefficient (Wildman–Crippen LogP) is 3.34. The first-order valence-electron chi connectivity index (χ1n) is 10.1. The van der Waals surface area contributed by atoms with Gasteiger partial charge in [-0.2, -0.15) is 8.42 Å². The molecule has 0 aromatic heterocycles. The van der Waals surface area contributed by atoms with E-state index in [1.165, 1.54) is 44.1 Å². The average molecular weight is 437 g/mol. The summed E-state index contributed by atoms with van der Waals surface area (Å²) in [5.41, 5.74) is 1.29. The van der Waals surface area contributed by atoms with Gasteiger partial charge in [0.25, 0.3) is 0 Å². The van der Waals surface area contributed by atoms with E-state index in [9.17, 15) is 0 Å². The van der Waals surface area contributed by atoms with Crippen molar-refractivity contribution < 1.29 is 36.8 Å². The van der Waals surface area contributed by atoms with E-state index in [2.05, 4.69) is 19.1 Å². The summed E-state index contributed by atoms with van der Waals surface area (Å²) < 4.78 is 48.0. The highest BCUT2D eigenvalue weighted by Crippen LogP contribution is 2.20. The average Bonchev–Trinajstić information content (AvgIpc) is 2.66. The van der Waals surface area contributed by atoms with Gasteiger partial charge < -0.3 is 19.3 Å². The summed E-state index contributed by atoms with van der Waals surface area (Å²) in [6, 6.07) is 8.29. The molecule has 0 heterocycles. The lowest BCUT2D eigenvalue weighted by Gasteiger charge is -2.12. The van der Waals surface area contributed by atoms with Gasteiger partial charge in [0.1, 0.15) is 12.4 Å². The molecule has 8 nitrogen and oxygen atoms in total. The maximum atomic E-state index is 8.74. The minimum absolute atomic E-state index is 0.0541. The number of aryl methyl sites for hydroxylation is 1. The van der Waals surface area contributed by atoms with Crippen LogP contribution in [0.15, 0.2) is 24.3 Å². The minimum Gasteiger partial charge on any atom is -0.491 e. The Kier molecular flexibility index (Phi) is 18.0. The summed E-state index contributed by atoms with van der Waals surface area (Å²) in [7, 11) is -4.67. The zero-order chi connectivity index (χ0) is 21.8. The Morgan fingerprint density at radius 3 is 2.03 bits per heavy atom. The standard InChI is InChI=1S/C20H34O4.H2O4S/c1-2-3-4-5-6-7-10-19-11-8-9-12-20(19)24-18-17-23-16-15-22-14-13-21;1-5(2,3)4/h8-9,11-12,21H,2-7,10,13-18H2,1H3;(H2,1,2,3,4). The van der Waals surface area contributed by atoms with E-state index < -0.39 is 10.4 Å². The monoisotopic (exact) mass is 436 g/mol. The molecule has 170 valence electrons. The second-order valence-corrected chi connectivity index (χ2v) is 7.27. The topological polar surface area (TPSA) is 123 Å². The van der Waals surface area contributed by atoms with Crippen molar-refractivity contribution in [1.29, 1.82) is 0 Å². The molecule has 0 saturated heterocycles. The highest BCUT2D eigenvalue weighted by molar-refractivity contribution is 7.79. The first kappa shape index (κ1) is 27.8. The molecule has 0 spiro atoms. The zero-order valence-electron chi connectivity index (χ0n) is 17.3. The summed E-state index contributed by atoms with van der Waals surface area (Å²) in [5.74, 6) is 0.978. The molecule has 0 atom stereocenters. The number of ether oxygens (including phenoxy) is 3. The third kappa shape index (κ3) is 21.3. The van der Waals surface area contributed by atoms with Gasteiger partial charge >= 0.3 is 10.4 Å². The van der Waals surface area contributed by atoms with Crippen LogP contribution in [0.1, 0.15) is 51.0 Å². The smallest absolute Gasteiger partial charge is 0.394 e. The van der Waals surface area contributed by atoms with Crippen molar-refractivity contribution in [1.82, 2.24) is 0 Å². The number of aliphatic hydroxyl groups is 1. The molecule has 29 heavy (non-hydrogen) atoms. The van der Waals surface area contributed by atoms with Crippen LogP contribution in [0, 0.1) is 0 Å². The van der Waals surface area contributed by atoms with Crippen LogP contribution >= 0.6 is 0 Å². The van der Waals surface area contributed by atoms with Gasteiger partial charge in [0, 0.05) is 0 Å². The van der Waals surface area contributed by atoms with Crippen LogP contribution in [0.2, 0.25) is 0 Å². The van der Waals surface area contributed by atoms with Gasteiger partial charge in [-0.05, 0) is 24.5 Å². The summed E-state index contributed by atoms with van der Waals surface area (Å²) in [5, 5.41) is 8.59. The van der Waals surface area contributed by atoms with Gasteiger partial charge in [-0.3, -0.25) is 9.11 Å². The normalized spacial score (nSPS) is 11.0. The molecule has 1 aromatic carbocycles. The van der Waals surface area contributed by atoms with E-state index in [-0.39, 0.29) is 6.61 Å². The lowest BCUT2D eigenvalue weighted by molar-refractivity contribution is 0.0246. The lowest BCUT2D eigenvalue weighted by Crippen LogP contribution is -2.12. The molecule has 0 fully saturated rings. The van der Waals surface area contributed by atoms with Crippen molar-refractivity contribution in [3.63, 3.8) is 0 Å². The highest BCUT2D eigenvalue weighted by atomic mass is 32.3. The molecule has 0 aliphatic carbocycles. The number of rotatable bonds is 16. The number of hydrogen-bond acceptors (Lipinski definition) is 6. The second-order valence-electron chi connectivity index (χ2n) is 6.37. The molecule has 0 aliphatic heterocycles. The van der Waals surface area contributed by atoms with Crippen LogP contribution in [0.3, 0.4) is 0 Å². The Morgan fingerprint density at radius 1 is 0.828 bits per heavy atom. The van der Waals surface area contributed by atoms with Gasteiger partial charge in [-0.15, -0.1) is 0 Å². The fourth-order valence-corrected chi connectivity index (χ4v) is 2.54. The molecule has 0 radical (unpaired) electrons. The molecule has 0 saturated carbocycles. The SMILES string of the molecule is CCCCCCCCc1ccccc1OCCOCCOCCO.O=S(=O)(O)O. The number of aliphatic hydroxyl groups excluding tert-OH is 1. The van der Waals surface area contributed by atoms with Crippen LogP contribution in [-0.2, 0) is 26.3 Å². The maximum absolute atomic E-state index is 8.74. The van der Waals surface area contributed by atoms with Gasteiger partial charge in [0.15, 0.2) is 0 Å². The summed E-state index contributed by atoms with van der Waals surface area (Å²) in [4.78, 5) is 0. The lowest BCUT2D eigenvalue weighted by atomic mass is 10.0. The number of hydrogen-bond donors (Lipinski definition) is 3. The van der Waals surface area contributed by atoms with Crippen molar-refractivity contribution in [2.24, 2.45) is 0 Å². The van der Waals surface area contributed by atoms with Crippen molar-refractivity contribution in [3.05, 3.63) is 29.8 Å². The molecule has 9 heteroatoms. The van der Waals surface area contributed by atoms with Crippen molar-refractivity contribution in [2.45, 2.75) is 51.9 Å². The summed E-state index contributed by atoms with van der Waals surface area (Å²) in [6.45, 7) is 4.81. The number of benzene rings is 1. The Balaban J connectivity index is 0.00000139. The quantitative estimate of drug-likeness (QED) is 0.266. The van der Waals surface area contributed by atoms with Crippen LogP contribution in [0.4, 0.5) is 0 Å². The van der Waals surface area contributed by atoms with E-state index in [0.29, 0.717) is 33.0 Å². The van der Waals surface area contributed by atoms with E-state index in [1.54, 1.807) is 0 Å². The first-order chi connectivity index (χ1) is 13.9. The van der Waals surface area contributed by atoms with Gasteiger partial charge in [0.2, 0.25) is 0 Å². The van der Waals surface area contributed by atoms with E-state index >= 15 is 0 Å². The largest absolute Gasteiger partial charge is 0.491 e. The third-order valence-corrected chi connectivity index (χ3v) is 3.87. The molecule has 0 unspecified atom stereocenters.